The molecule has 0 aliphatic rings. The summed E-state index contributed by atoms with van der Waals surface area (Å²) in [5, 5.41) is 0.481. The van der Waals surface area contributed by atoms with Gasteiger partial charge in [-0.05, 0) is 24.6 Å². The average Bonchev–Trinajstić information content (AvgIpc) is 2.19. The second-order valence-corrected chi connectivity index (χ2v) is 3.49. The molecule has 0 saturated carbocycles. The van der Waals surface area contributed by atoms with E-state index in [2.05, 4.69) is 0 Å². The van der Waals surface area contributed by atoms with Crippen LogP contribution in [-0.2, 0) is 0 Å². The Labute approximate surface area is 88.8 Å². The minimum atomic E-state index is 0.104. The fourth-order valence-corrected chi connectivity index (χ4v) is 1.54. The molecule has 0 aromatic heterocycles. The van der Waals surface area contributed by atoms with Gasteiger partial charge in [-0.2, -0.15) is 0 Å². The summed E-state index contributed by atoms with van der Waals surface area (Å²) in [5.41, 5.74) is 1.58. The van der Waals surface area contributed by atoms with E-state index in [0.717, 1.165) is 5.56 Å². The van der Waals surface area contributed by atoms with E-state index >= 15 is 0 Å². The number of carbonyl (C=O) groups excluding carboxylic acids is 1. The third kappa shape index (κ3) is 2.07. The fourth-order valence-electron chi connectivity index (χ4n) is 1.30. The molecule has 0 saturated heterocycles. The van der Waals surface area contributed by atoms with Crippen LogP contribution in [0.4, 0.5) is 0 Å². The Morgan fingerprint density at radius 1 is 1.50 bits per heavy atom. The number of carbonyl (C=O) groups is 1. The third-order valence-electron chi connectivity index (χ3n) is 2.12. The summed E-state index contributed by atoms with van der Waals surface area (Å²) < 4.78 is 5.05. The van der Waals surface area contributed by atoms with Crippen molar-refractivity contribution in [1.82, 2.24) is 0 Å². The van der Waals surface area contributed by atoms with Gasteiger partial charge in [-0.15, -0.1) is 0 Å². The second-order valence-electron chi connectivity index (χ2n) is 3.08. The Balaban J connectivity index is 3.21. The predicted octanol–water partition coefficient (Wildman–Crippen LogP) is 3.25. The van der Waals surface area contributed by atoms with Crippen molar-refractivity contribution in [3.8, 4) is 5.75 Å². The first kappa shape index (κ1) is 11.1. The number of benzene rings is 1. The van der Waals surface area contributed by atoms with Gasteiger partial charge in [-0.3, -0.25) is 4.79 Å². The molecule has 0 bridgehead atoms. The fraction of sp³-hybridized carbons (Fsp3) is 0.364. The van der Waals surface area contributed by atoms with Crippen LogP contribution in [0.5, 0.6) is 5.75 Å². The zero-order valence-corrected chi connectivity index (χ0v) is 9.31. The van der Waals surface area contributed by atoms with E-state index in [9.17, 15) is 4.79 Å². The highest BCUT2D eigenvalue weighted by Crippen LogP contribution is 2.28. The number of ether oxygens (including phenoxy) is 1. The molecule has 2 nitrogen and oxygen atoms in total. The molecule has 76 valence electrons. The smallest absolute Gasteiger partial charge is 0.162 e. The molecule has 0 fully saturated rings. The van der Waals surface area contributed by atoms with Gasteiger partial charge < -0.3 is 4.74 Å². The molecule has 0 amide bonds. The molecule has 0 spiro atoms. The summed E-state index contributed by atoms with van der Waals surface area (Å²) in [6, 6.07) is 3.45. The topological polar surface area (TPSA) is 26.3 Å². The van der Waals surface area contributed by atoms with E-state index in [1.54, 1.807) is 19.2 Å². The highest BCUT2D eigenvalue weighted by atomic mass is 35.5. The van der Waals surface area contributed by atoms with Crippen LogP contribution in [-0.4, -0.2) is 12.9 Å². The first-order valence-corrected chi connectivity index (χ1v) is 4.85. The highest BCUT2D eigenvalue weighted by molar-refractivity contribution is 6.32. The number of methoxy groups -OCH3 is 1. The van der Waals surface area contributed by atoms with Gasteiger partial charge >= 0.3 is 0 Å². The predicted molar refractivity (Wildman–Crippen MR) is 57.4 cm³/mol. The molecule has 0 radical (unpaired) electrons. The lowest BCUT2D eigenvalue weighted by atomic mass is 10.0. The molecular formula is C11H13ClO2. The maximum atomic E-state index is 11.5. The van der Waals surface area contributed by atoms with Crippen LogP contribution >= 0.6 is 11.6 Å². The quantitative estimate of drug-likeness (QED) is 0.719. The number of ketones is 1. The van der Waals surface area contributed by atoms with E-state index in [-0.39, 0.29) is 5.78 Å². The Hall–Kier alpha value is -1.02. The largest absolute Gasteiger partial charge is 0.495 e. The van der Waals surface area contributed by atoms with Crippen LogP contribution in [0.2, 0.25) is 5.02 Å². The Morgan fingerprint density at radius 3 is 2.64 bits per heavy atom. The summed E-state index contributed by atoms with van der Waals surface area (Å²) in [6.07, 6.45) is 0.490. The maximum Gasteiger partial charge on any atom is 0.162 e. The Bertz CT molecular complexity index is 359. The molecule has 0 atom stereocenters. The summed E-state index contributed by atoms with van der Waals surface area (Å²) in [4.78, 5) is 11.5. The van der Waals surface area contributed by atoms with Crippen molar-refractivity contribution in [2.75, 3.05) is 7.11 Å². The van der Waals surface area contributed by atoms with Crippen LogP contribution < -0.4 is 4.74 Å². The monoisotopic (exact) mass is 212 g/mol. The minimum absolute atomic E-state index is 0.104. The molecule has 1 rings (SSSR count). The van der Waals surface area contributed by atoms with Gasteiger partial charge in [0.15, 0.2) is 5.78 Å². The van der Waals surface area contributed by atoms with E-state index < -0.39 is 0 Å². The number of Topliss-reactive ketones (excluding diaryl/α,β-unsaturated/α-hetero) is 1. The zero-order valence-electron chi connectivity index (χ0n) is 8.56. The van der Waals surface area contributed by atoms with E-state index in [1.165, 1.54) is 0 Å². The molecule has 0 aliphatic carbocycles. The number of rotatable bonds is 3. The van der Waals surface area contributed by atoms with Crippen molar-refractivity contribution in [2.24, 2.45) is 0 Å². The number of aryl methyl sites for hydroxylation is 1. The Morgan fingerprint density at radius 2 is 2.14 bits per heavy atom. The average molecular weight is 213 g/mol. The molecular weight excluding hydrogens is 200 g/mol. The minimum Gasteiger partial charge on any atom is -0.495 e. The molecule has 3 heteroatoms. The van der Waals surface area contributed by atoms with Crippen molar-refractivity contribution in [1.29, 1.82) is 0 Å². The second kappa shape index (κ2) is 4.47. The van der Waals surface area contributed by atoms with Gasteiger partial charge in [0, 0.05) is 12.0 Å². The van der Waals surface area contributed by atoms with Crippen molar-refractivity contribution < 1.29 is 9.53 Å². The van der Waals surface area contributed by atoms with Crippen LogP contribution in [0, 0.1) is 6.92 Å². The van der Waals surface area contributed by atoms with Gasteiger partial charge in [-0.1, -0.05) is 18.5 Å². The number of hydrogen-bond donors (Lipinski definition) is 0. The molecule has 1 aromatic rings. The van der Waals surface area contributed by atoms with Gasteiger partial charge in [0.1, 0.15) is 5.75 Å². The summed E-state index contributed by atoms with van der Waals surface area (Å²) in [6.45, 7) is 3.71. The van der Waals surface area contributed by atoms with Crippen molar-refractivity contribution >= 4 is 17.4 Å². The molecule has 0 N–H and O–H groups in total. The molecule has 1 aromatic carbocycles. The number of halogens is 1. The van der Waals surface area contributed by atoms with Crippen LogP contribution in [0.25, 0.3) is 0 Å². The molecule has 0 heterocycles. The first-order valence-electron chi connectivity index (χ1n) is 4.47. The van der Waals surface area contributed by atoms with Crippen molar-refractivity contribution in [3.05, 3.63) is 28.3 Å². The van der Waals surface area contributed by atoms with Gasteiger partial charge in [0.2, 0.25) is 0 Å². The van der Waals surface area contributed by atoms with Gasteiger partial charge in [-0.25, -0.2) is 0 Å². The molecule has 0 aliphatic heterocycles. The van der Waals surface area contributed by atoms with Crippen molar-refractivity contribution in [3.63, 3.8) is 0 Å². The van der Waals surface area contributed by atoms with Gasteiger partial charge in [0.05, 0.1) is 12.1 Å². The summed E-state index contributed by atoms with van der Waals surface area (Å²) in [5.74, 6) is 0.712. The third-order valence-corrected chi connectivity index (χ3v) is 2.42. The summed E-state index contributed by atoms with van der Waals surface area (Å²) in [7, 11) is 1.56. The Kier molecular flexibility index (Phi) is 3.53. The van der Waals surface area contributed by atoms with E-state index in [0.29, 0.717) is 22.8 Å². The normalized spacial score (nSPS) is 10.0. The van der Waals surface area contributed by atoms with E-state index in [4.69, 9.17) is 16.3 Å². The molecule has 0 unspecified atom stereocenters. The van der Waals surface area contributed by atoms with Crippen LogP contribution in [0.1, 0.15) is 29.3 Å². The van der Waals surface area contributed by atoms with Crippen LogP contribution in [0.15, 0.2) is 12.1 Å². The van der Waals surface area contributed by atoms with Gasteiger partial charge in [0.25, 0.3) is 0 Å². The van der Waals surface area contributed by atoms with E-state index in [1.807, 2.05) is 13.8 Å². The standard InChI is InChI=1S/C11H13ClO2/c1-4-10(13)8-6-9(12)11(14-3)5-7(8)2/h5-6H,4H2,1-3H3. The van der Waals surface area contributed by atoms with Crippen LogP contribution in [0.3, 0.4) is 0 Å². The lowest BCUT2D eigenvalue weighted by Crippen LogP contribution is -2.00. The highest BCUT2D eigenvalue weighted by Gasteiger charge is 2.10. The maximum absolute atomic E-state index is 11.5. The molecule has 14 heavy (non-hydrogen) atoms. The lowest BCUT2D eigenvalue weighted by molar-refractivity contribution is 0.0987. The zero-order chi connectivity index (χ0) is 10.7. The van der Waals surface area contributed by atoms with Crippen molar-refractivity contribution in [2.45, 2.75) is 20.3 Å². The summed E-state index contributed by atoms with van der Waals surface area (Å²) >= 11 is 5.93. The lowest BCUT2D eigenvalue weighted by Gasteiger charge is -2.08. The SMILES string of the molecule is CCC(=O)c1cc(Cl)c(OC)cc1C. The number of hydrogen-bond acceptors (Lipinski definition) is 2. The first-order chi connectivity index (χ1) is 6.60.